The van der Waals surface area contributed by atoms with Crippen molar-refractivity contribution in [3.05, 3.63) is 207 Å². The molecule has 15 rings (SSSR count). The molecular weight excluding hydrogens is 1440 g/mol. The number of benzene rings is 9. The minimum atomic E-state index is -4.76. The van der Waals surface area contributed by atoms with Gasteiger partial charge in [0.15, 0.2) is 32.6 Å². The number of nitrogens with one attached hydrogen (secondary N) is 6. The molecule has 0 fully saturated rings. The molecule has 38 heteroatoms. The van der Waals surface area contributed by atoms with Crippen molar-refractivity contribution < 1.29 is 77.8 Å². The molecule has 0 aliphatic carbocycles. The summed E-state index contributed by atoms with van der Waals surface area (Å²) < 4.78 is 204. The number of pyridine rings is 6. The highest BCUT2D eigenvalue weighted by atomic mass is 32.2. The van der Waals surface area contributed by atoms with E-state index in [9.17, 15) is 107 Å². The molecule has 0 saturated carbocycles. The highest BCUT2D eigenvalue weighted by Crippen LogP contribution is 2.29. The Hall–Kier alpha value is -9.68. The molecular formula is C60H30Al2N6O24S6-6. The van der Waals surface area contributed by atoms with E-state index in [0.717, 1.165) is 72.8 Å². The minimum Gasteiger partial charge on any atom is -0.744 e. The SMILES string of the molecule is O=c1c2cc(S(=O)(=O)[O-])ccc2[nH]c2cc3c(=O)c4cc(S(=O)(=O)[O-])ccc4[nH]c3cc12.O=c1c2cc(S(=O)(=O)[O-])ccc2[nH]c2cc3c(=O)c4cc(S(=O)(=O)[O-])ccc4[nH]c3cc12.O=c1c2cc(S(=O)(=O)[O-])ccc2[nH]c2cc3c(=O)c4cc(S(=O)(=O)[O-])ccc4[nH]c3cc12.[Al].[Al]. The van der Waals surface area contributed by atoms with Gasteiger partial charge in [-0.15, -0.1) is 0 Å². The Labute approximate surface area is 566 Å². The molecule has 0 aliphatic heterocycles. The zero-order valence-electron chi connectivity index (χ0n) is 48.3. The third-order valence-corrected chi connectivity index (χ3v) is 20.7. The van der Waals surface area contributed by atoms with Crippen LogP contribution in [-0.2, 0) is 60.7 Å². The van der Waals surface area contributed by atoms with Crippen molar-refractivity contribution in [1.29, 1.82) is 0 Å². The number of aromatic nitrogens is 6. The van der Waals surface area contributed by atoms with Gasteiger partial charge in [-0.2, -0.15) is 0 Å². The van der Waals surface area contributed by atoms with E-state index in [1.54, 1.807) is 0 Å². The Bertz CT molecular complexity index is 6180. The molecule has 0 bridgehead atoms. The number of H-pyrrole nitrogens is 6. The first kappa shape index (κ1) is 69.7. The van der Waals surface area contributed by atoms with Crippen molar-refractivity contribution in [2.75, 3.05) is 0 Å². The lowest BCUT2D eigenvalue weighted by molar-refractivity contribution is 0.461. The van der Waals surface area contributed by atoms with Crippen LogP contribution in [0.3, 0.4) is 0 Å². The summed E-state index contributed by atoms with van der Waals surface area (Å²) in [7, 11) is -28.6. The maximum Gasteiger partial charge on any atom is 0.197 e. The van der Waals surface area contributed by atoms with Crippen LogP contribution in [0.2, 0.25) is 0 Å². The lowest BCUT2D eigenvalue weighted by atomic mass is 10.1. The summed E-state index contributed by atoms with van der Waals surface area (Å²) in [4.78, 5) is 92.4. The quantitative estimate of drug-likeness (QED) is 0.0785. The molecule has 0 aliphatic rings. The monoisotopic (exact) mass is 1460 g/mol. The van der Waals surface area contributed by atoms with Crippen LogP contribution in [0.15, 0.2) is 204 Å². The second-order valence-electron chi connectivity index (χ2n) is 21.5. The molecule has 6 N–H and O–H groups in total. The van der Waals surface area contributed by atoms with Crippen molar-refractivity contribution in [3.8, 4) is 0 Å². The summed E-state index contributed by atoms with van der Waals surface area (Å²) >= 11 is 0. The summed E-state index contributed by atoms with van der Waals surface area (Å²) in [5.41, 5.74) is -0.132. The van der Waals surface area contributed by atoms with Gasteiger partial charge in [0.1, 0.15) is 60.7 Å². The lowest BCUT2D eigenvalue weighted by Crippen LogP contribution is -2.09. The molecule has 6 heterocycles. The van der Waals surface area contributed by atoms with Crippen molar-refractivity contribution in [2.24, 2.45) is 0 Å². The molecule has 492 valence electrons. The van der Waals surface area contributed by atoms with Gasteiger partial charge in [0, 0.05) is 132 Å². The number of aromatic amines is 6. The van der Waals surface area contributed by atoms with E-state index in [1.165, 1.54) is 72.8 Å². The predicted molar refractivity (Wildman–Crippen MR) is 352 cm³/mol. The fourth-order valence-electron chi connectivity index (χ4n) is 11.1. The zero-order valence-corrected chi connectivity index (χ0v) is 55.5. The number of hydrogen-bond acceptors (Lipinski definition) is 24. The van der Waals surface area contributed by atoms with Crippen LogP contribution in [0.25, 0.3) is 131 Å². The molecule has 98 heavy (non-hydrogen) atoms. The molecule has 6 aromatic heterocycles. The minimum absolute atomic E-state index is 0. The summed E-state index contributed by atoms with van der Waals surface area (Å²) in [6.07, 6.45) is 0. The van der Waals surface area contributed by atoms with Crippen molar-refractivity contribution in [3.63, 3.8) is 0 Å². The Morgan fingerprint density at radius 3 is 0.408 bits per heavy atom. The fourth-order valence-corrected chi connectivity index (χ4v) is 14.1. The summed E-state index contributed by atoms with van der Waals surface area (Å²) in [6, 6.07) is 28.5. The van der Waals surface area contributed by atoms with Crippen LogP contribution in [0.4, 0.5) is 0 Å². The van der Waals surface area contributed by atoms with Crippen molar-refractivity contribution >= 4 is 226 Å². The van der Waals surface area contributed by atoms with Gasteiger partial charge in [0.2, 0.25) is 0 Å². The van der Waals surface area contributed by atoms with Gasteiger partial charge in [-0.1, -0.05) is 0 Å². The molecule has 9 aromatic carbocycles. The first-order chi connectivity index (χ1) is 44.8. The van der Waals surface area contributed by atoms with Gasteiger partial charge in [0.25, 0.3) is 0 Å². The number of hydrogen-bond donors (Lipinski definition) is 6. The maximum atomic E-state index is 13.0. The van der Waals surface area contributed by atoms with E-state index in [1.807, 2.05) is 0 Å². The lowest BCUT2D eigenvalue weighted by Gasteiger charge is -2.11. The fraction of sp³-hybridized carbons (Fsp3) is 0. The zero-order chi connectivity index (χ0) is 69.0. The molecule has 0 amide bonds. The third kappa shape index (κ3) is 12.5. The second kappa shape index (κ2) is 24.1. The summed E-state index contributed by atoms with van der Waals surface area (Å²) in [5, 5.41) is 0.758. The normalized spacial score (nSPS) is 12.6. The number of fused-ring (bicyclic) bond motifs is 12. The Morgan fingerprint density at radius 1 is 0.184 bits per heavy atom. The molecule has 30 nitrogen and oxygen atoms in total. The van der Waals surface area contributed by atoms with E-state index in [0.29, 0.717) is 0 Å². The van der Waals surface area contributed by atoms with Gasteiger partial charge < -0.3 is 57.2 Å². The largest absolute Gasteiger partial charge is 0.744 e. The van der Waals surface area contributed by atoms with Crippen LogP contribution in [0.1, 0.15) is 0 Å². The Balaban J connectivity index is 0.000000147. The van der Waals surface area contributed by atoms with E-state index in [-0.39, 0.29) is 166 Å². The molecule has 6 radical (unpaired) electrons. The predicted octanol–water partition coefficient (Wildman–Crippen LogP) is 3.69. The van der Waals surface area contributed by atoms with Crippen LogP contribution in [0, 0.1) is 0 Å². The van der Waals surface area contributed by atoms with Crippen LogP contribution < -0.4 is 32.6 Å². The van der Waals surface area contributed by atoms with E-state index in [2.05, 4.69) is 29.9 Å². The van der Waals surface area contributed by atoms with E-state index < -0.39 is 123 Å². The van der Waals surface area contributed by atoms with E-state index in [4.69, 9.17) is 0 Å². The average Bonchev–Trinajstić information content (AvgIpc) is 0.751. The summed E-state index contributed by atoms with van der Waals surface area (Å²) in [6.45, 7) is 0. The van der Waals surface area contributed by atoms with Gasteiger partial charge in [-0.3, -0.25) is 28.8 Å². The highest BCUT2D eigenvalue weighted by Gasteiger charge is 2.19. The Morgan fingerprint density at radius 2 is 0.296 bits per heavy atom. The highest BCUT2D eigenvalue weighted by molar-refractivity contribution is 7.87. The molecule has 0 spiro atoms. The molecule has 0 unspecified atom stereocenters. The molecule has 15 aromatic rings. The van der Waals surface area contributed by atoms with Crippen LogP contribution in [0.5, 0.6) is 0 Å². The standard InChI is InChI=1S/3C20H12N2O8S2.2Al/c3*23-19-11-5-9(31(25,26)27)1-3-15(11)21-17-7-14-18(8-13(17)19)22-16-4-2-10(32(28,29)30)6-12(16)20(14)24;;/h3*1-8H,(H,21,23)(H,22,24)(H,25,26,27)(H,28,29,30);;/p-6. The van der Waals surface area contributed by atoms with E-state index >= 15 is 0 Å². The third-order valence-electron chi connectivity index (χ3n) is 15.7. The second-order valence-corrected chi connectivity index (χ2v) is 29.8. The van der Waals surface area contributed by atoms with Gasteiger partial charge >= 0.3 is 0 Å². The maximum absolute atomic E-state index is 13.0. The topological polar surface area (TPSA) is 540 Å². The van der Waals surface area contributed by atoms with Gasteiger partial charge in [0.05, 0.1) is 62.5 Å². The molecule has 0 saturated heterocycles. The first-order valence-corrected chi connectivity index (χ1v) is 35.3. The summed E-state index contributed by atoms with van der Waals surface area (Å²) in [5.74, 6) is 0. The van der Waals surface area contributed by atoms with Crippen LogP contribution in [-0.4, -0.2) is 142 Å². The first-order valence-electron chi connectivity index (χ1n) is 26.8. The smallest absolute Gasteiger partial charge is 0.197 e. The van der Waals surface area contributed by atoms with Gasteiger partial charge in [-0.25, -0.2) is 50.5 Å². The molecule has 0 atom stereocenters. The average molecular weight is 1470 g/mol. The van der Waals surface area contributed by atoms with Crippen LogP contribution >= 0.6 is 0 Å². The van der Waals surface area contributed by atoms with Gasteiger partial charge in [-0.05, 0) is 146 Å². The Kier molecular flexibility index (Phi) is 17.1. The van der Waals surface area contributed by atoms with Crippen molar-refractivity contribution in [2.45, 2.75) is 29.4 Å². The van der Waals surface area contributed by atoms with Crippen molar-refractivity contribution in [1.82, 2.24) is 29.9 Å². The number of rotatable bonds is 6.